The van der Waals surface area contributed by atoms with Crippen molar-refractivity contribution >= 4 is 29.9 Å². The van der Waals surface area contributed by atoms with Crippen LogP contribution in [0.5, 0.6) is 0 Å². The van der Waals surface area contributed by atoms with Gasteiger partial charge in [0.15, 0.2) is 5.96 Å². The molecule has 1 aromatic heterocycles. The van der Waals surface area contributed by atoms with Gasteiger partial charge in [-0.15, -0.1) is 24.0 Å². The molecule has 2 N–H and O–H groups in total. The first-order chi connectivity index (χ1) is 15.4. The van der Waals surface area contributed by atoms with E-state index in [2.05, 4.69) is 83.3 Å². The molecule has 7 nitrogen and oxygen atoms in total. The maximum atomic E-state index is 5.89. The molecule has 33 heavy (non-hydrogen) atoms. The maximum Gasteiger partial charge on any atom is 0.191 e. The second-order valence-electron chi connectivity index (χ2n) is 8.85. The highest BCUT2D eigenvalue weighted by Crippen LogP contribution is 2.17. The van der Waals surface area contributed by atoms with Gasteiger partial charge in [-0.3, -0.25) is 9.58 Å². The number of morpholine rings is 1. The minimum Gasteiger partial charge on any atom is -0.373 e. The smallest absolute Gasteiger partial charge is 0.191 e. The number of aryl methyl sites for hydroxylation is 3. The van der Waals surface area contributed by atoms with Crippen LogP contribution in [0.3, 0.4) is 0 Å². The molecule has 0 spiro atoms. The zero-order valence-electron chi connectivity index (χ0n) is 20.8. The number of nitrogens with zero attached hydrogens (tertiary/aromatic N) is 4. The van der Waals surface area contributed by atoms with E-state index in [9.17, 15) is 0 Å². The van der Waals surface area contributed by atoms with Gasteiger partial charge < -0.3 is 15.4 Å². The highest BCUT2D eigenvalue weighted by atomic mass is 127. The Morgan fingerprint density at radius 2 is 1.82 bits per heavy atom. The fourth-order valence-corrected chi connectivity index (χ4v) is 4.36. The van der Waals surface area contributed by atoms with Gasteiger partial charge in [-0.1, -0.05) is 24.3 Å². The summed E-state index contributed by atoms with van der Waals surface area (Å²) in [6, 6.07) is 10.8. The summed E-state index contributed by atoms with van der Waals surface area (Å²) in [4.78, 5) is 7.35. The number of benzene rings is 1. The van der Waals surface area contributed by atoms with E-state index < -0.39 is 0 Å². The van der Waals surface area contributed by atoms with Crippen molar-refractivity contribution in [3.63, 3.8) is 0 Å². The molecule has 0 aliphatic carbocycles. The van der Waals surface area contributed by atoms with Crippen molar-refractivity contribution in [2.24, 2.45) is 4.99 Å². The van der Waals surface area contributed by atoms with E-state index in [1.807, 2.05) is 6.92 Å². The maximum absolute atomic E-state index is 5.89. The molecule has 1 aliphatic rings. The average molecular weight is 569 g/mol. The molecule has 2 aromatic rings. The van der Waals surface area contributed by atoms with Gasteiger partial charge >= 0.3 is 0 Å². The number of hydrogen-bond donors (Lipinski definition) is 2. The largest absolute Gasteiger partial charge is 0.373 e. The van der Waals surface area contributed by atoms with E-state index in [1.165, 1.54) is 16.8 Å². The summed E-state index contributed by atoms with van der Waals surface area (Å²) in [6.07, 6.45) is 1.56. The van der Waals surface area contributed by atoms with Gasteiger partial charge in [-0.25, -0.2) is 4.99 Å². The van der Waals surface area contributed by atoms with Crippen LogP contribution in [0.4, 0.5) is 0 Å². The van der Waals surface area contributed by atoms with Gasteiger partial charge in [-0.2, -0.15) is 5.10 Å². The van der Waals surface area contributed by atoms with E-state index >= 15 is 0 Å². The first-order valence-electron chi connectivity index (χ1n) is 11.9. The van der Waals surface area contributed by atoms with Crippen molar-refractivity contribution < 1.29 is 4.74 Å². The van der Waals surface area contributed by atoms with Crippen LogP contribution >= 0.6 is 24.0 Å². The minimum atomic E-state index is 0. The molecule has 0 bridgehead atoms. The Morgan fingerprint density at radius 1 is 1.12 bits per heavy atom. The standard InChI is InChI=1S/C25H40N6O.HI/c1-6-26-25(27-12-9-13-31-20(3)14-19(2)29-31)28-15-23-10-7-8-11-24(23)18-30-16-21(4)32-22(5)17-30;/h7-8,10-11,14,21-22H,6,9,12-13,15-18H2,1-5H3,(H2,26,27,28);1H. The quantitative estimate of drug-likeness (QED) is 0.208. The monoisotopic (exact) mass is 568 g/mol. The summed E-state index contributed by atoms with van der Waals surface area (Å²) in [5, 5.41) is 11.4. The molecule has 0 amide bonds. The highest BCUT2D eigenvalue weighted by Gasteiger charge is 2.22. The zero-order chi connectivity index (χ0) is 22.9. The van der Waals surface area contributed by atoms with Crippen LogP contribution in [-0.4, -0.2) is 59.0 Å². The lowest BCUT2D eigenvalue weighted by Crippen LogP contribution is -2.44. The van der Waals surface area contributed by atoms with Gasteiger partial charge in [-0.05, 0) is 58.2 Å². The topological polar surface area (TPSA) is 66.7 Å². The second kappa shape index (κ2) is 13.9. The summed E-state index contributed by atoms with van der Waals surface area (Å²) in [5.74, 6) is 0.865. The van der Waals surface area contributed by atoms with Crippen molar-refractivity contribution in [2.45, 2.75) is 72.9 Å². The fraction of sp³-hybridized carbons (Fsp3) is 0.600. The van der Waals surface area contributed by atoms with Gasteiger partial charge in [0.25, 0.3) is 0 Å². The number of nitrogens with one attached hydrogen (secondary N) is 2. The lowest BCUT2D eigenvalue weighted by Gasteiger charge is -2.35. The van der Waals surface area contributed by atoms with E-state index in [-0.39, 0.29) is 36.2 Å². The summed E-state index contributed by atoms with van der Waals surface area (Å²) >= 11 is 0. The Kier molecular flexibility index (Phi) is 11.6. The predicted molar refractivity (Wildman–Crippen MR) is 146 cm³/mol. The molecule has 8 heteroatoms. The van der Waals surface area contributed by atoms with E-state index in [0.29, 0.717) is 6.54 Å². The predicted octanol–water partition coefficient (Wildman–Crippen LogP) is 3.87. The van der Waals surface area contributed by atoms with Crippen molar-refractivity contribution in [1.29, 1.82) is 0 Å². The Morgan fingerprint density at radius 3 is 2.45 bits per heavy atom. The summed E-state index contributed by atoms with van der Waals surface area (Å²) in [5.41, 5.74) is 4.91. The van der Waals surface area contributed by atoms with Gasteiger partial charge in [0.2, 0.25) is 0 Å². The number of halogens is 1. The SMILES string of the molecule is CCNC(=NCc1ccccc1CN1CC(C)OC(C)C1)NCCCn1nc(C)cc1C.I. The van der Waals surface area contributed by atoms with Crippen LogP contribution in [0.1, 0.15) is 49.7 Å². The molecule has 1 aromatic carbocycles. The Bertz CT molecular complexity index is 874. The molecule has 1 saturated heterocycles. The van der Waals surface area contributed by atoms with Crippen LogP contribution in [0.25, 0.3) is 0 Å². The first kappa shape index (κ1) is 27.6. The molecular weight excluding hydrogens is 527 g/mol. The van der Waals surface area contributed by atoms with E-state index in [4.69, 9.17) is 9.73 Å². The fourth-order valence-electron chi connectivity index (χ4n) is 4.36. The van der Waals surface area contributed by atoms with Crippen molar-refractivity contribution in [1.82, 2.24) is 25.3 Å². The molecule has 2 unspecified atom stereocenters. The normalized spacial score (nSPS) is 19.2. The molecule has 2 heterocycles. The van der Waals surface area contributed by atoms with Crippen LogP contribution in [0.15, 0.2) is 35.3 Å². The molecule has 3 rings (SSSR count). The number of aliphatic imine (C=N–C) groups is 1. The van der Waals surface area contributed by atoms with Crippen molar-refractivity contribution in [3.8, 4) is 0 Å². The molecular formula is C25H41IN6O. The Balaban J connectivity index is 0.00000385. The third-order valence-electron chi connectivity index (χ3n) is 5.70. The Hall–Kier alpha value is -1.65. The zero-order valence-corrected chi connectivity index (χ0v) is 23.1. The third kappa shape index (κ3) is 8.90. The second-order valence-corrected chi connectivity index (χ2v) is 8.85. The lowest BCUT2D eigenvalue weighted by molar-refractivity contribution is -0.0705. The number of ether oxygens (including phenoxy) is 1. The molecule has 0 saturated carbocycles. The van der Waals surface area contributed by atoms with Crippen LogP contribution < -0.4 is 10.6 Å². The molecule has 1 aliphatic heterocycles. The van der Waals surface area contributed by atoms with Crippen LogP contribution in [-0.2, 0) is 24.4 Å². The number of aromatic nitrogens is 2. The number of rotatable bonds is 9. The minimum absolute atomic E-state index is 0. The average Bonchev–Trinajstić information content (AvgIpc) is 3.06. The molecule has 0 radical (unpaired) electrons. The van der Waals surface area contributed by atoms with Crippen molar-refractivity contribution in [2.75, 3.05) is 26.2 Å². The lowest BCUT2D eigenvalue weighted by atomic mass is 10.1. The van der Waals surface area contributed by atoms with E-state index in [1.54, 1.807) is 0 Å². The van der Waals surface area contributed by atoms with Gasteiger partial charge in [0, 0.05) is 45.0 Å². The Labute approximate surface area is 216 Å². The summed E-state index contributed by atoms with van der Waals surface area (Å²) in [6.45, 7) is 16.7. The van der Waals surface area contributed by atoms with Gasteiger partial charge in [0.05, 0.1) is 24.4 Å². The van der Waals surface area contributed by atoms with Gasteiger partial charge in [0.1, 0.15) is 0 Å². The molecule has 184 valence electrons. The van der Waals surface area contributed by atoms with Crippen molar-refractivity contribution in [3.05, 3.63) is 52.8 Å². The summed E-state index contributed by atoms with van der Waals surface area (Å²) in [7, 11) is 0. The molecule has 2 atom stereocenters. The van der Waals surface area contributed by atoms with Crippen LogP contribution in [0.2, 0.25) is 0 Å². The summed E-state index contributed by atoms with van der Waals surface area (Å²) < 4.78 is 7.96. The first-order valence-corrected chi connectivity index (χ1v) is 11.9. The highest BCUT2D eigenvalue weighted by molar-refractivity contribution is 14.0. The van der Waals surface area contributed by atoms with E-state index in [0.717, 1.165) is 57.3 Å². The number of guanidine groups is 1. The molecule has 1 fully saturated rings. The van der Waals surface area contributed by atoms with Crippen LogP contribution in [0, 0.1) is 13.8 Å². The third-order valence-corrected chi connectivity index (χ3v) is 5.70. The number of hydrogen-bond acceptors (Lipinski definition) is 4.